The summed E-state index contributed by atoms with van der Waals surface area (Å²) in [6, 6.07) is 4.91. The lowest BCUT2D eigenvalue weighted by Gasteiger charge is -2.21. The lowest BCUT2D eigenvalue weighted by Crippen LogP contribution is -2.07. The summed E-state index contributed by atoms with van der Waals surface area (Å²) < 4.78 is 0. The number of hydrogen-bond acceptors (Lipinski definition) is 2. The molecule has 0 radical (unpaired) electrons. The Morgan fingerprint density at radius 2 is 1.94 bits per heavy atom. The summed E-state index contributed by atoms with van der Waals surface area (Å²) in [4.78, 5) is 10.9. The summed E-state index contributed by atoms with van der Waals surface area (Å²) in [5.41, 5.74) is 1.02. The average Bonchev–Trinajstić information content (AvgIpc) is 2.38. The fourth-order valence-corrected chi connectivity index (χ4v) is 2.76. The molecule has 2 N–H and O–H groups in total. The van der Waals surface area contributed by atoms with E-state index >= 15 is 0 Å². The van der Waals surface area contributed by atoms with E-state index in [-0.39, 0.29) is 11.3 Å². The quantitative estimate of drug-likeness (QED) is 0.855. The monoisotopic (exact) mass is 248 g/mol. The Labute approximate surface area is 107 Å². The number of phenols is 1. The van der Waals surface area contributed by atoms with Crippen molar-refractivity contribution in [3.05, 3.63) is 29.3 Å². The highest BCUT2D eigenvalue weighted by Gasteiger charge is 2.14. The number of aryl methyl sites for hydroxylation is 1. The van der Waals surface area contributed by atoms with Gasteiger partial charge in [-0.25, -0.2) is 4.79 Å². The van der Waals surface area contributed by atoms with Gasteiger partial charge in [0, 0.05) is 0 Å². The number of aromatic hydroxyl groups is 1. The predicted molar refractivity (Wildman–Crippen MR) is 70.0 cm³/mol. The lowest BCUT2D eigenvalue weighted by atomic mass is 9.85. The van der Waals surface area contributed by atoms with Crippen LogP contribution in [0.25, 0.3) is 0 Å². The van der Waals surface area contributed by atoms with Crippen molar-refractivity contribution in [2.24, 2.45) is 5.92 Å². The Bertz CT molecular complexity index is 420. The lowest BCUT2D eigenvalue weighted by molar-refractivity contribution is 0.0693. The molecular weight excluding hydrogens is 228 g/mol. The van der Waals surface area contributed by atoms with Crippen molar-refractivity contribution in [3.63, 3.8) is 0 Å². The van der Waals surface area contributed by atoms with Crippen molar-refractivity contribution in [3.8, 4) is 5.75 Å². The first-order valence-electron chi connectivity index (χ1n) is 6.72. The standard InChI is InChI=1S/C15H20O3/c16-14-9-8-12(10-13(14)15(17)18)7-6-11-4-2-1-3-5-11/h8-11,16H,1-7H2,(H,17,18). The molecule has 0 aliphatic heterocycles. The Kier molecular flexibility index (Phi) is 4.24. The largest absolute Gasteiger partial charge is 0.507 e. The second-order valence-corrected chi connectivity index (χ2v) is 5.20. The second-order valence-electron chi connectivity index (χ2n) is 5.20. The van der Waals surface area contributed by atoms with Crippen LogP contribution < -0.4 is 0 Å². The highest BCUT2D eigenvalue weighted by molar-refractivity contribution is 5.90. The number of aromatic carboxylic acids is 1. The SMILES string of the molecule is O=C(O)c1cc(CCC2CCCCC2)ccc1O. The van der Waals surface area contributed by atoms with Crippen LogP contribution >= 0.6 is 0 Å². The minimum Gasteiger partial charge on any atom is -0.507 e. The summed E-state index contributed by atoms with van der Waals surface area (Å²) in [5.74, 6) is -0.420. The van der Waals surface area contributed by atoms with Gasteiger partial charge in [-0.3, -0.25) is 0 Å². The van der Waals surface area contributed by atoms with Gasteiger partial charge in [0.1, 0.15) is 11.3 Å². The molecule has 2 rings (SSSR count). The number of carbonyl (C=O) groups is 1. The smallest absolute Gasteiger partial charge is 0.339 e. The topological polar surface area (TPSA) is 57.5 Å². The van der Waals surface area contributed by atoms with Crippen molar-refractivity contribution in [1.29, 1.82) is 0 Å². The van der Waals surface area contributed by atoms with Crippen molar-refractivity contribution >= 4 is 5.97 Å². The van der Waals surface area contributed by atoms with Gasteiger partial charge in [-0.05, 0) is 36.5 Å². The zero-order chi connectivity index (χ0) is 13.0. The number of hydrogen-bond donors (Lipinski definition) is 2. The van der Waals surface area contributed by atoms with Gasteiger partial charge in [-0.2, -0.15) is 0 Å². The Hall–Kier alpha value is -1.51. The van der Waals surface area contributed by atoms with Crippen LogP contribution in [0.5, 0.6) is 5.75 Å². The van der Waals surface area contributed by atoms with Gasteiger partial charge in [-0.1, -0.05) is 38.2 Å². The van der Waals surface area contributed by atoms with E-state index in [0.29, 0.717) is 0 Å². The number of benzene rings is 1. The summed E-state index contributed by atoms with van der Waals surface area (Å²) in [5, 5.41) is 18.4. The van der Waals surface area contributed by atoms with Crippen LogP contribution in [-0.4, -0.2) is 16.2 Å². The van der Waals surface area contributed by atoms with Crippen molar-refractivity contribution in [1.82, 2.24) is 0 Å². The molecular formula is C15H20O3. The van der Waals surface area contributed by atoms with Crippen LogP contribution in [0.15, 0.2) is 18.2 Å². The van der Waals surface area contributed by atoms with Crippen LogP contribution in [-0.2, 0) is 6.42 Å². The summed E-state index contributed by atoms with van der Waals surface area (Å²) in [6.45, 7) is 0. The predicted octanol–water partition coefficient (Wildman–Crippen LogP) is 3.60. The normalized spacial score (nSPS) is 16.7. The molecule has 0 atom stereocenters. The molecule has 1 aromatic carbocycles. The molecule has 0 saturated heterocycles. The minimum absolute atomic E-state index is 0.0103. The highest BCUT2D eigenvalue weighted by Crippen LogP contribution is 2.28. The highest BCUT2D eigenvalue weighted by atomic mass is 16.4. The maximum atomic E-state index is 10.9. The van der Waals surface area contributed by atoms with E-state index in [4.69, 9.17) is 5.11 Å². The van der Waals surface area contributed by atoms with Crippen molar-refractivity contribution in [2.75, 3.05) is 0 Å². The molecule has 0 aromatic heterocycles. The minimum atomic E-state index is -1.06. The van der Waals surface area contributed by atoms with E-state index in [1.807, 2.05) is 6.07 Å². The van der Waals surface area contributed by atoms with Gasteiger partial charge in [0.05, 0.1) is 0 Å². The van der Waals surface area contributed by atoms with Crippen LogP contribution in [0, 0.1) is 5.92 Å². The Morgan fingerprint density at radius 1 is 1.22 bits per heavy atom. The van der Waals surface area contributed by atoms with Gasteiger partial charge in [0.15, 0.2) is 0 Å². The van der Waals surface area contributed by atoms with Crippen molar-refractivity contribution in [2.45, 2.75) is 44.9 Å². The third-order valence-electron chi connectivity index (χ3n) is 3.86. The van der Waals surface area contributed by atoms with Gasteiger partial charge < -0.3 is 10.2 Å². The molecule has 1 fully saturated rings. The molecule has 1 aliphatic rings. The van der Waals surface area contributed by atoms with Crippen LogP contribution in [0.3, 0.4) is 0 Å². The third-order valence-corrected chi connectivity index (χ3v) is 3.86. The molecule has 1 saturated carbocycles. The first kappa shape index (κ1) is 12.9. The molecule has 0 spiro atoms. The third kappa shape index (κ3) is 3.25. The van der Waals surface area contributed by atoms with Gasteiger partial charge in [-0.15, -0.1) is 0 Å². The molecule has 1 aliphatic carbocycles. The second kappa shape index (κ2) is 5.89. The zero-order valence-electron chi connectivity index (χ0n) is 10.6. The number of carboxylic acids is 1. The summed E-state index contributed by atoms with van der Waals surface area (Å²) in [6.07, 6.45) is 8.68. The molecule has 0 amide bonds. The van der Waals surface area contributed by atoms with Gasteiger partial charge in [0.25, 0.3) is 0 Å². The molecule has 1 aromatic rings. The van der Waals surface area contributed by atoms with E-state index in [2.05, 4.69) is 0 Å². The van der Waals surface area contributed by atoms with E-state index in [9.17, 15) is 9.90 Å². The van der Waals surface area contributed by atoms with E-state index in [1.165, 1.54) is 38.2 Å². The molecule has 18 heavy (non-hydrogen) atoms. The Morgan fingerprint density at radius 3 is 2.61 bits per heavy atom. The molecule has 3 heteroatoms. The molecule has 98 valence electrons. The van der Waals surface area contributed by atoms with E-state index in [0.717, 1.165) is 24.3 Å². The first-order valence-corrected chi connectivity index (χ1v) is 6.72. The Balaban J connectivity index is 1.96. The van der Waals surface area contributed by atoms with Gasteiger partial charge >= 0.3 is 5.97 Å². The fourth-order valence-electron chi connectivity index (χ4n) is 2.76. The van der Waals surface area contributed by atoms with Crippen LogP contribution in [0.4, 0.5) is 0 Å². The molecule has 0 heterocycles. The zero-order valence-corrected chi connectivity index (χ0v) is 10.6. The van der Waals surface area contributed by atoms with Crippen LogP contribution in [0.2, 0.25) is 0 Å². The summed E-state index contributed by atoms with van der Waals surface area (Å²) >= 11 is 0. The average molecular weight is 248 g/mol. The molecule has 0 bridgehead atoms. The van der Waals surface area contributed by atoms with Gasteiger partial charge in [0.2, 0.25) is 0 Å². The van der Waals surface area contributed by atoms with Crippen LogP contribution in [0.1, 0.15) is 54.4 Å². The van der Waals surface area contributed by atoms with E-state index in [1.54, 1.807) is 6.07 Å². The maximum Gasteiger partial charge on any atom is 0.339 e. The fraction of sp³-hybridized carbons (Fsp3) is 0.533. The van der Waals surface area contributed by atoms with Crippen molar-refractivity contribution < 1.29 is 15.0 Å². The first-order chi connectivity index (χ1) is 8.66. The summed E-state index contributed by atoms with van der Waals surface area (Å²) in [7, 11) is 0. The molecule has 3 nitrogen and oxygen atoms in total. The number of rotatable bonds is 4. The van der Waals surface area contributed by atoms with E-state index < -0.39 is 5.97 Å². The maximum absolute atomic E-state index is 10.9. The number of carboxylic acid groups (broad SMARTS) is 1. The molecule has 0 unspecified atom stereocenters.